The molecule has 0 aliphatic carbocycles. The molecule has 0 amide bonds. The van der Waals surface area contributed by atoms with Crippen molar-refractivity contribution in [3.63, 3.8) is 0 Å². The number of para-hydroxylation sites is 2. The van der Waals surface area contributed by atoms with E-state index in [0.29, 0.717) is 0 Å². The molecule has 0 radical (unpaired) electrons. The van der Waals surface area contributed by atoms with Gasteiger partial charge in [0.05, 0.1) is 40.5 Å². The van der Waals surface area contributed by atoms with Crippen molar-refractivity contribution >= 4 is 0 Å². The van der Waals surface area contributed by atoms with Crippen molar-refractivity contribution in [1.82, 2.24) is 24.5 Å². The van der Waals surface area contributed by atoms with Crippen molar-refractivity contribution in [1.29, 1.82) is 0 Å². The van der Waals surface area contributed by atoms with E-state index in [1.807, 2.05) is 30.1 Å². The van der Waals surface area contributed by atoms with Gasteiger partial charge in [0, 0.05) is 6.42 Å². The Balaban J connectivity index is 2.10. The Kier molecular flexibility index (Phi) is 2.30. The Morgan fingerprint density at radius 2 is 1.95 bits per heavy atom. The molecule has 4 rings (SSSR count). The monoisotopic (exact) mass is 265 g/mol. The van der Waals surface area contributed by atoms with Crippen LogP contribution in [0.1, 0.15) is 29.7 Å². The number of benzene rings is 1. The molecule has 1 aromatic carbocycles. The molecule has 20 heavy (non-hydrogen) atoms. The maximum atomic E-state index is 4.56. The Morgan fingerprint density at radius 1 is 1.15 bits per heavy atom. The van der Waals surface area contributed by atoms with Gasteiger partial charge >= 0.3 is 0 Å². The van der Waals surface area contributed by atoms with Gasteiger partial charge in [0.1, 0.15) is 0 Å². The number of aromatic nitrogens is 5. The number of nitrogens with zero attached hydrogens (tertiary/aromatic N) is 5. The van der Waals surface area contributed by atoms with Crippen LogP contribution in [0.4, 0.5) is 0 Å². The van der Waals surface area contributed by atoms with Crippen LogP contribution in [0.2, 0.25) is 0 Å². The molecule has 5 heteroatoms. The smallest absolute Gasteiger partial charge is 0.0998 e. The van der Waals surface area contributed by atoms with Gasteiger partial charge in [-0.05, 0) is 25.5 Å². The molecule has 0 saturated heterocycles. The fourth-order valence-electron chi connectivity index (χ4n) is 2.88. The topological polar surface area (TPSA) is 48.5 Å². The van der Waals surface area contributed by atoms with Crippen LogP contribution in [0.5, 0.6) is 0 Å². The summed E-state index contributed by atoms with van der Waals surface area (Å²) in [5.74, 6) is 0. The van der Waals surface area contributed by atoms with E-state index < -0.39 is 0 Å². The predicted molar refractivity (Wildman–Crippen MR) is 75.4 cm³/mol. The molecule has 100 valence electrons. The van der Waals surface area contributed by atoms with Crippen LogP contribution in [-0.4, -0.2) is 24.5 Å². The van der Waals surface area contributed by atoms with Crippen molar-refractivity contribution in [2.75, 3.05) is 0 Å². The molecular formula is C15H15N5. The molecule has 0 unspecified atom stereocenters. The summed E-state index contributed by atoms with van der Waals surface area (Å²) in [7, 11) is 0. The Hall–Kier alpha value is -2.43. The fraction of sp³-hybridized carbons (Fsp3) is 0.267. The summed E-state index contributed by atoms with van der Waals surface area (Å²) in [5, 5.41) is 8.54. The molecule has 0 N–H and O–H groups in total. The van der Waals surface area contributed by atoms with Gasteiger partial charge < -0.3 is 4.57 Å². The third-order valence-corrected chi connectivity index (χ3v) is 3.95. The van der Waals surface area contributed by atoms with Gasteiger partial charge in [-0.15, -0.1) is 5.10 Å². The van der Waals surface area contributed by atoms with Crippen molar-refractivity contribution in [2.24, 2.45) is 0 Å². The van der Waals surface area contributed by atoms with E-state index in [9.17, 15) is 0 Å². The first-order valence-corrected chi connectivity index (χ1v) is 6.85. The number of hydrogen-bond donors (Lipinski definition) is 0. The zero-order valence-electron chi connectivity index (χ0n) is 11.5. The first-order valence-electron chi connectivity index (χ1n) is 6.85. The number of rotatable bonds is 1. The highest BCUT2D eigenvalue weighted by molar-refractivity contribution is 5.56. The van der Waals surface area contributed by atoms with Crippen molar-refractivity contribution in [2.45, 2.75) is 26.7 Å². The van der Waals surface area contributed by atoms with Crippen LogP contribution in [-0.2, 0) is 12.8 Å². The summed E-state index contributed by atoms with van der Waals surface area (Å²) in [6.45, 7) is 4.15. The molecule has 0 atom stereocenters. The molecule has 1 aliphatic rings. The molecule has 5 nitrogen and oxygen atoms in total. The molecule has 0 bridgehead atoms. The predicted octanol–water partition coefficient (Wildman–Crippen LogP) is 2.23. The highest BCUT2D eigenvalue weighted by Crippen LogP contribution is 2.29. The van der Waals surface area contributed by atoms with Gasteiger partial charge in [0.25, 0.3) is 0 Å². The number of fused-ring (bicyclic) bond motifs is 5. The van der Waals surface area contributed by atoms with Crippen molar-refractivity contribution < 1.29 is 0 Å². The van der Waals surface area contributed by atoms with E-state index in [2.05, 4.69) is 38.9 Å². The maximum Gasteiger partial charge on any atom is 0.0998 e. The maximum absolute atomic E-state index is 4.56. The number of aryl methyl sites for hydroxylation is 2. The summed E-state index contributed by atoms with van der Waals surface area (Å²) in [5.41, 5.74) is 6.68. The van der Waals surface area contributed by atoms with Gasteiger partial charge in [-0.1, -0.05) is 24.3 Å². The van der Waals surface area contributed by atoms with E-state index >= 15 is 0 Å². The first-order chi connectivity index (χ1) is 9.79. The SMILES string of the molecule is CCc1ncn2c1Cc1c(C)nnn1-c1ccccc1-2. The molecule has 3 heterocycles. The average molecular weight is 265 g/mol. The normalized spacial score (nSPS) is 12.5. The Bertz CT molecular complexity index is 796. The van der Waals surface area contributed by atoms with E-state index in [-0.39, 0.29) is 0 Å². The number of hydrogen-bond acceptors (Lipinski definition) is 3. The lowest BCUT2D eigenvalue weighted by atomic mass is 10.1. The average Bonchev–Trinajstić information content (AvgIpc) is 3.01. The third-order valence-electron chi connectivity index (χ3n) is 3.95. The van der Waals surface area contributed by atoms with Crippen LogP contribution in [0.3, 0.4) is 0 Å². The minimum Gasteiger partial charge on any atom is -0.300 e. The molecule has 2 aromatic heterocycles. The van der Waals surface area contributed by atoms with Gasteiger partial charge in [0.15, 0.2) is 0 Å². The van der Waals surface area contributed by atoms with Gasteiger partial charge in [-0.25, -0.2) is 9.67 Å². The quantitative estimate of drug-likeness (QED) is 0.530. The summed E-state index contributed by atoms with van der Waals surface area (Å²) >= 11 is 0. The first kappa shape index (κ1) is 11.4. The lowest BCUT2D eigenvalue weighted by Crippen LogP contribution is -2.03. The second-order valence-electron chi connectivity index (χ2n) is 5.06. The van der Waals surface area contributed by atoms with Crippen LogP contribution in [0.25, 0.3) is 11.4 Å². The highest BCUT2D eigenvalue weighted by atomic mass is 15.4. The van der Waals surface area contributed by atoms with E-state index in [0.717, 1.165) is 41.3 Å². The van der Waals surface area contributed by atoms with Crippen LogP contribution >= 0.6 is 0 Å². The fourth-order valence-corrected chi connectivity index (χ4v) is 2.88. The second-order valence-corrected chi connectivity index (χ2v) is 5.06. The van der Waals surface area contributed by atoms with E-state index in [1.165, 1.54) is 5.69 Å². The summed E-state index contributed by atoms with van der Waals surface area (Å²) < 4.78 is 4.14. The number of imidazole rings is 1. The van der Waals surface area contributed by atoms with E-state index in [4.69, 9.17) is 0 Å². The lowest BCUT2D eigenvalue weighted by molar-refractivity contribution is 0.776. The Morgan fingerprint density at radius 3 is 2.75 bits per heavy atom. The second kappa shape index (κ2) is 4.03. The van der Waals surface area contributed by atoms with Crippen LogP contribution < -0.4 is 0 Å². The molecule has 1 aliphatic heterocycles. The summed E-state index contributed by atoms with van der Waals surface area (Å²) in [4.78, 5) is 4.56. The molecule has 0 spiro atoms. The van der Waals surface area contributed by atoms with Gasteiger partial charge in [0.2, 0.25) is 0 Å². The summed E-state index contributed by atoms with van der Waals surface area (Å²) in [6.07, 6.45) is 3.67. The molecule has 3 aromatic rings. The zero-order chi connectivity index (χ0) is 13.7. The minimum absolute atomic E-state index is 0.816. The van der Waals surface area contributed by atoms with E-state index in [1.54, 1.807) is 0 Å². The largest absolute Gasteiger partial charge is 0.300 e. The Labute approximate surface area is 116 Å². The third kappa shape index (κ3) is 1.40. The molecule has 0 fully saturated rings. The highest BCUT2D eigenvalue weighted by Gasteiger charge is 2.23. The molecular weight excluding hydrogens is 250 g/mol. The molecule has 0 saturated carbocycles. The van der Waals surface area contributed by atoms with Crippen molar-refractivity contribution in [3.05, 3.63) is 53.4 Å². The van der Waals surface area contributed by atoms with Crippen LogP contribution in [0.15, 0.2) is 30.6 Å². The standard InChI is InChI=1S/C15H15N5/c1-3-11-15-8-14-10(2)17-18-20(14)13-7-5-4-6-12(13)19(15)9-16-11/h4-7,9H,3,8H2,1-2H3. The van der Waals surface area contributed by atoms with Gasteiger partial charge in [-0.3, -0.25) is 0 Å². The lowest BCUT2D eigenvalue weighted by Gasteiger charge is -2.08. The summed E-state index contributed by atoms with van der Waals surface area (Å²) in [6, 6.07) is 8.25. The minimum atomic E-state index is 0.816. The van der Waals surface area contributed by atoms with Crippen molar-refractivity contribution in [3.8, 4) is 11.4 Å². The van der Waals surface area contributed by atoms with Crippen LogP contribution in [0, 0.1) is 6.92 Å². The van der Waals surface area contributed by atoms with Gasteiger partial charge in [-0.2, -0.15) is 0 Å². The zero-order valence-corrected chi connectivity index (χ0v) is 11.5.